The van der Waals surface area contributed by atoms with E-state index < -0.39 is 0 Å². The van der Waals surface area contributed by atoms with Crippen LogP contribution in [0.5, 0.6) is 0 Å². The predicted octanol–water partition coefficient (Wildman–Crippen LogP) is 4.86. The van der Waals surface area contributed by atoms with Gasteiger partial charge in [0.05, 0.1) is 5.69 Å². The minimum absolute atomic E-state index is 0.164. The van der Waals surface area contributed by atoms with Crippen molar-refractivity contribution in [2.24, 2.45) is 0 Å². The van der Waals surface area contributed by atoms with E-state index in [1.54, 1.807) is 6.07 Å². The molecule has 3 nitrogen and oxygen atoms in total. The summed E-state index contributed by atoms with van der Waals surface area (Å²) in [6.45, 7) is 7.52. The van der Waals surface area contributed by atoms with Crippen LogP contribution in [0.4, 0.5) is 15.8 Å². The maximum absolute atomic E-state index is 13.9. The number of hydrogen-bond acceptors (Lipinski definition) is 2. The zero-order valence-electron chi connectivity index (χ0n) is 15.4. The monoisotopic (exact) mass is 371 g/mol. The summed E-state index contributed by atoms with van der Waals surface area (Å²) >= 11 is 5.57. The minimum Gasteiger partial charge on any atom is -0.366 e. The molecule has 1 unspecified atom stereocenters. The fourth-order valence-corrected chi connectivity index (χ4v) is 3.49. The van der Waals surface area contributed by atoms with Gasteiger partial charge in [0.1, 0.15) is 5.82 Å². The van der Waals surface area contributed by atoms with Gasteiger partial charge in [-0.05, 0) is 54.4 Å². The smallest absolute Gasteiger partial charge is 0.173 e. The van der Waals surface area contributed by atoms with Gasteiger partial charge in [0.25, 0.3) is 0 Å². The summed E-state index contributed by atoms with van der Waals surface area (Å²) in [6, 6.07) is 15.4. The highest BCUT2D eigenvalue weighted by molar-refractivity contribution is 7.80. The second-order valence-electron chi connectivity index (χ2n) is 6.79. The van der Waals surface area contributed by atoms with Gasteiger partial charge in [-0.2, -0.15) is 0 Å². The Morgan fingerprint density at radius 1 is 1.08 bits per heavy atom. The highest BCUT2D eigenvalue weighted by Crippen LogP contribution is 2.22. The lowest BCUT2D eigenvalue weighted by Gasteiger charge is -2.37. The number of piperazine rings is 1. The van der Waals surface area contributed by atoms with Gasteiger partial charge in [0.2, 0.25) is 0 Å². The van der Waals surface area contributed by atoms with Crippen LogP contribution in [0.15, 0.2) is 48.5 Å². The Kier molecular flexibility index (Phi) is 6.09. The Labute approximate surface area is 160 Å². The van der Waals surface area contributed by atoms with Crippen LogP contribution in [0.25, 0.3) is 0 Å². The Bertz CT molecular complexity index is 739. The Balaban J connectivity index is 1.54. The zero-order chi connectivity index (χ0) is 18.5. The molecule has 1 fully saturated rings. The van der Waals surface area contributed by atoms with Gasteiger partial charge in [-0.1, -0.05) is 38.1 Å². The van der Waals surface area contributed by atoms with E-state index >= 15 is 0 Å². The number of halogens is 1. The quantitative estimate of drug-likeness (QED) is 0.774. The van der Waals surface area contributed by atoms with Crippen molar-refractivity contribution in [1.29, 1.82) is 0 Å². The highest BCUT2D eigenvalue weighted by atomic mass is 32.1. The Morgan fingerprint density at radius 3 is 2.35 bits per heavy atom. The molecule has 26 heavy (non-hydrogen) atoms. The van der Waals surface area contributed by atoms with Gasteiger partial charge in [0, 0.05) is 31.9 Å². The molecule has 2 aromatic rings. The topological polar surface area (TPSA) is 18.5 Å². The van der Waals surface area contributed by atoms with Crippen LogP contribution in [0, 0.1) is 5.82 Å². The molecule has 0 aromatic heterocycles. The van der Waals surface area contributed by atoms with E-state index in [1.807, 2.05) is 12.1 Å². The first-order valence-electron chi connectivity index (χ1n) is 9.24. The molecule has 138 valence electrons. The average Bonchev–Trinajstić information content (AvgIpc) is 2.68. The number of rotatable bonds is 4. The van der Waals surface area contributed by atoms with Crippen molar-refractivity contribution >= 4 is 28.7 Å². The van der Waals surface area contributed by atoms with Gasteiger partial charge < -0.3 is 15.1 Å². The third kappa shape index (κ3) is 4.33. The Hall–Kier alpha value is -2.14. The van der Waals surface area contributed by atoms with Gasteiger partial charge in [0.15, 0.2) is 5.11 Å². The summed E-state index contributed by atoms with van der Waals surface area (Å²) < 4.78 is 13.9. The fourth-order valence-electron chi connectivity index (χ4n) is 3.19. The van der Waals surface area contributed by atoms with Crippen LogP contribution in [-0.2, 0) is 0 Å². The van der Waals surface area contributed by atoms with E-state index in [0.29, 0.717) is 11.6 Å². The summed E-state index contributed by atoms with van der Waals surface area (Å²) in [5.41, 5.74) is 3.03. The third-order valence-corrected chi connectivity index (χ3v) is 5.46. The average molecular weight is 372 g/mol. The van der Waals surface area contributed by atoms with Gasteiger partial charge in [-0.15, -0.1) is 0 Å². The molecule has 5 heteroatoms. The molecule has 3 rings (SSSR count). The molecule has 1 aliphatic rings. The van der Waals surface area contributed by atoms with Crippen LogP contribution in [0.2, 0.25) is 0 Å². The van der Waals surface area contributed by atoms with E-state index in [9.17, 15) is 4.39 Å². The van der Waals surface area contributed by atoms with Crippen LogP contribution in [0.1, 0.15) is 31.7 Å². The number of thiocarbonyl (C=S) groups is 1. The summed E-state index contributed by atoms with van der Waals surface area (Å²) in [4.78, 5) is 4.23. The molecule has 1 N–H and O–H groups in total. The molecule has 1 aliphatic heterocycles. The van der Waals surface area contributed by atoms with Crippen LogP contribution in [0.3, 0.4) is 0 Å². The van der Waals surface area contributed by atoms with Gasteiger partial charge >= 0.3 is 0 Å². The predicted molar refractivity (Wildman–Crippen MR) is 112 cm³/mol. The highest BCUT2D eigenvalue weighted by Gasteiger charge is 2.20. The number of benzene rings is 2. The second kappa shape index (κ2) is 8.49. The van der Waals surface area contributed by atoms with Crippen molar-refractivity contribution in [3.8, 4) is 0 Å². The molecule has 0 radical (unpaired) electrons. The molecule has 0 amide bonds. The zero-order valence-corrected chi connectivity index (χ0v) is 16.2. The van der Waals surface area contributed by atoms with Gasteiger partial charge in [-0.25, -0.2) is 4.39 Å². The SMILES string of the molecule is CCC(C)c1ccc(NC(=S)N2CCN(c3ccccc3F)CC2)cc1. The summed E-state index contributed by atoms with van der Waals surface area (Å²) in [7, 11) is 0. The van der Waals surface area contributed by atoms with Crippen molar-refractivity contribution in [3.05, 3.63) is 59.9 Å². The number of nitrogens with zero attached hydrogens (tertiary/aromatic N) is 2. The van der Waals surface area contributed by atoms with Crippen LogP contribution >= 0.6 is 12.2 Å². The van der Waals surface area contributed by atoms with Gasteiger partial charge in [-0.3, -0.25) is 0 Å². The number of para-hydroxylation sites is 1. The van der Waals surface area contributed by atoms with Crippen LogP contribution in [-0.4, -0.2) is 36.2 Å². The molecule has 0 saturated carbocycles. The first-order valence-corrected chi connectivity index (χ1v) is 9.64. The van der Waals surface area contributed by atoms with Crippen molar-refractivity contribution in [2.75, 3.05) is 36.4 Å². The lowest BCUT2D eigenvalue weighted by atomic mass is 9.99. The maximum atomic E-state index is 13.9. The molecular formula is C21H26FN3S. The number of nitrogens with one attached hydrogen (secondary N) is 1. The minimum atomic E-state index is -0.164. The van der Waals surface area contributed by atoms with Crippen molar-refractivity contribution in [1.82, 2.24) is 4.90 Å². The largest absolute Gasteiger partial charge is 0.366 e. The molecule has 1 heterocycles. The van der Waals surface area contributed by atoms with Crippen LogP contribution < -0.4 is 10.2 Å². The molecule has 0 spiro atoms. The lowest BCUT2D eigenvalue weighted by molar-refractivity contribution is 0.388. The molecule has 1 atom stereocenters. The number of anilines is 2. The van der Waals surface area contributed by atoms with E-state index in [-0.39, 0.29) is 5.82 Å². The summed E-state index contributed by atoms with van der Waals surface area (Å²) in [6.07, 6.45) is 1.14. The van der Waals surface area contributed by atoms with Crippen molar-refractivity contribution < 1.29 is 4.39 Å². The molecule has 0 aliphatic carbocycles. The summed E-state index contributed by atoms with van der Waals surface area (Å²) in [5.74, 6) is 0.408. The van der Waals surface area contributed by atoms with E-state index in [1.165, 1.54) is 11.6 Å². The van der Waals surface area contributed by atoms with E-state index in [4.69, 9.17) is 12.2 Å². The number of hydrogen-bond donors (Lipinski definition) is 1. The van der Waals surface area contributed by atoms with Crippen molar-refractivity contribution in [3.63, 3.8) is 0 Å². The fraction of sp³-hybridized carbons (Fsp3) is 0.381. The molecule has 1 saturated heterocycles. The van der Waals surface area contributed by atoms with E-state index in [2.05, 4.69) is 53.2 Å². The lowest BCUT2D eigenvalue weighted by Crippen LogP contribution is -2.50. The normalized spacial score (nSPS) is 15.7. The molecule has 2 aromatic carbocycles. The molecular weight excluding hydrogens is 345 g/mol. The molecule has 0 bridgehead atoms. The standard InChI is InChI=1S/C21H26FN3S/c1-3-16(2)17-8-10-18(11-9-17)23-21(26)25-14-12-24(13-15-25)20-7-5-4-6-19(20)22/h4-11,16H,3,12-15H2,1-2H3,(H,23,26). The first kappa shape index (κ1) is 18.6. The van der Waals surface area contributed by atoms with Crippen molar-refractivity contribution in [2.45, 2.75) is 26.2 Å². The second-order valence-corrected chi connectivity index (χ2v) is 7.17. The summed E-state index contributed by atoms with van der Waals surface area (Å²) in [5, 5.41) is 4.06. The maximum Gasteiger partial charge on any atom is 0.173 e. The Morgan fingerprint density at radius 2 is 1.73 bits per heavy atom. The first-order chi connectivity index (χ1) is 12.6. The van der Waals surface area contributed by atoms with E-state index in [0.717, 1.165) is 43.4 Å². The third-order valence-electron chi connectivity index (χ3n) is 5.10.